The lowest BCUT2D eigenvalue weighted by atomic mass is 10.0. The number of carboxylic acids is 1. The van der Waals surface area contributed by atoms with E-state index in [1.165, 1.54) is 11.8 Å². The molecular weight excluding hydrogens is 875 g/mol. The van der Waals surface area contributed by atoms with Crippen LogP contribution in [0.5, 0.6) is 0 Å². The molecule has 0 radical (unpaired) electrons. The molecule has 14 N–H and O–H groups in total. The Hall–Kier alpha value is -6.78. The molecule has 2 heterocycles. The summed E-state index contributed by atoms with van der Waals surface area (Å²) in [6, 6.07) is 12.7. The summed E-state index contributed by atoms with van der Waals surface area (Å²) in [7, 11) is 0. The van der Waals surface area contributed by atoms with Gasteiger partial charge in [-0.25, -0.2) is 4.79 Å². The molecule has 5 rings (SSSR count). The molecule has 0 saturated heterocycles. The van der Waals surface area contributed by atoms with E-state index in [4.69, 9.17) is 5.73 Å². The van der Waals surface area contributed by atoms with E-state index in [2.05, 4.69) is 41.9 Å². The van der Waals surface area contributed by atoms with E-state index in [9.17, 15) is 54.0 Å². The van der Waals surface area contributed by atoms with Crippen molar-refractivity contribution in [3.8, 4) is 0 Å². The Kier molecular flexibility index (Phi) is 18.6. The number of hydrogen-bond acceptors (Lipinski definition) is 12. The molecule has 21 heteroatoms. The Labute approximate surface area is 383 Å². The summed E-state index contributed by atoms with van der Waals surface area (Å²) >= 11 is 1.36. The number of nitrogens with one attached hydrogen (secondary N) is 8. The number of hydrogen-bond donors (Lipinski definition) is 13. The van der Waals surface area contributed by atoms with Crippen LogP contribution in [-0.2, 0) is 52.8 Å². The van der Waals surface area contributed by atoms with Gasteiger partial charge in [-0.05, 0) is 47.3 Å². The molecule has 20 nitrogen and oxygen atoms in total. The molecule has 352 valence electrons. The maximum absolute atomic E-state index is 14.3. The number of aromatic nitrogens is 2. The van der Waals surface area contributed by atoms with Crippen molar-refractivity contribution in [1.29, 1.82) is 0 Å². The third-order valence-electron chi connectivity index (χ3n) is 10.8. The van der Waals surface area contributed by atoms with E-state index in [0.717, 1.165) is 21.8 Å². The zero-order chi connectivity index (χ0) is 47.8. The van der Waals surface area contributed by atoms with Crippen molar-refractivity contribution in [2.75, 3.05) is 31.8 Å². The number of H-pyrrole nitrogens is 2. The predicted octanol–water partition coefficient (Wildman–Crippen LogP) is -1.27. The minimum atomic E-state index is -1.71. The number of amides is 6. The van der Waals surface area contributed by atoms with Gasteiger partial charge in [0.25, 0.3) is 0 Å². The van der Waals surface area contributed by atoms with E-state index in [-0.39, 0.29) is 25.7 Å². The standard InChI is InChI=1S/C45H55N9O11S/c1-66-16-15-33(45(64)65)49-43(62)37(23-56)53-40(59)34(17-25-9-3-2-4-10-25)51-44(63)38(24-57)54-42(61)36(19-27-21-48-32-14-8-6-12-29(27)32)52-41(60)35(50-39(58)30(46)22-55)18-26-20-47-31-13-7-5-11-28(26)31/h2-14,20-21,30,33-38,47-48,55-57H,15-19,22-24,46H2,1H3,(H,49,62)(H,50,58)(H,51,63)(H,52,60)(H,53,59)(H,54,61)(H,64,65). The summed E-state index contributed by atoms with van der Waals surface area (Å²) in [5.74, 6) is -6.44. The second-order valence-electron chi connectivity index (χ2n) is 15.5. The Morgan fingerprint density at radius 2 is 0.924 bits per heavy atom. The molecule has 7 unspecified atom stereocenters. The Balaban J connectivity index is 1.38. The molecule has 0 saturated carbocycles. The van der Waals surface area contributed by atoms with Gasteiger partial charge in [0, 0.05) is 53.5 Å². The molecule has 0 aliphatic heterocycles. The van der Waals surface area contributed by atoms with Crippen LogP contribution in [0.2, 0.25) is 0 Å². The first-order valence-corrected chi connectivity index (χ1v) is 22.4. The fourth-order valence-electron chi connectivity index (χ4n) is 7.12. The van der Waals surface area contributed by atoms with Gasteiger partial charge in [-0.15, -0.1) is 0 Å². The van der Waals surface area contributed by atoms with Crippen molar-refractivity contribution in [2.24, 2.45) is 5.73 Å². The number of para-hydroxylation sites is 2. The first-order chi connectivity index (χ1) is 31.8. The minimum Gasteiger partial charge on any atom is -0.480 e. The SMILES string of the molecule is CSCCC(NC(=O)C(CO)NC(=O)C(Cc1ccccc1)NC(=O)C(CO)NC(=O)C(Cc1c[nH]c2ccccc12)NC(=O)C(Cc1c[nH]c2ccccc12)NC(=O)C(N)CO)C(=O)O. The highest BCUT2D eigenvalue weighted by Crippen LogP contribution is 2.21. The molecule has 0 bridgehead atoms. The predicted molar refractivity (Wildman–Crippen MR) is 246 cm³/mol. The van der Waals surface area contributed by atoms with Crippen LogP contribution in [0.15, 0.2) is 91.3 Å². The van der Waals surface area contributed by atoms with Crippen LogP contribution in [0.3, 0.4) is 0 Å². The number of carbonyl (C=O) groups excluding carboxylic acids is 6. The molecule has 6 amide bonds. The lowest BCUT2D eigenvalue weighted by Crippen LogP contribution is -2.61. The zero-order valence-corrected chi connectivity index (χ0v) is 36.8. The van der Waals surface area contributed by atoms with Crippen molar-refractivity contribution in [2.45, 2.75) is 68.0 Å². The van der Waals surface area contributed by atoms with Crippen LogP contribution < -0.4 is 37.6 Å². The molecular formula is C45H55N9O11S. The van der Waals surface area contributed by atoms with Gasteiger partial charge in [0.15, 0.2) is 0 Å². The van der Waals surface area contributed by atoms with Gasteiger partial charge in [-0.2, -0.15) is 11.8 Å². The molecule has 7 atom stereocenters. The van der Waals surface area contributed by atoms with Gasteiger partial charge in [0.05, 0.1) is 19.8 Å². The number of carbonyl (C=O) groups is 7. The summed E-state index contributed by atoms with van der Waals surface area (Å²) in [5, 5.41) is 56.2. The van der Waals surface area contributed by atoms with Crippen molar-refractivity contribution in [1.82, 2.24) is 41.9 Å². The lowest BCUT2D eigenvalue weighted by molar-refractivity contribution is -0.142. The van der Waals surface area contributed by atoms with Crippen molar-refractivity contribution >= 4 is 75.0 Å². The van der Waals surface area contributed by atoms with Gasteiger partial charge in [-0.1, -0.05) is 66.7 Å². The quantitative estimate of drug-likeness (QED) is 0.0325. The fourth-order valence-corrected chi connectivity index (χ4v) is 7.59. The number of aliphatic hydroxyl groups is 3. The van der Waals surface area contributed by atoms with E-state index in [1.54, 1.807) is 73.2 Å². The number of aliphatic carboxylic acids is 1. The third-order valence-corrected chi connectivity index (χ3v) is 11.4. The van der Waals surface area contributed by atoms with Crippen molar-refractivity contribution in [3.63, 3.8) is 0 Å². The molecule has 0 spiro atoms. The number of aliphatic hydroxyl groups excluding tert-OH is 3. The number of aromatic amines is 2. The monoisotopic (exact) mass is 929 g/mol. The highest BCUT2D eigenvalue weighted by molar-refractivity contribution is 7.98. The van der Waals surface area contributed by atoms with E-state index >= 15 is 0 Å². The lowest BCUT2D eigenvalue weighted by Gasteiger charge is -2.27. The largest absolute Gasteiger partial charge is 0.480 e. The van der Waals surface area contributed by atoms with Crippen LogP contribution in [0, 0.1) is 0 Å². The molecule has 5 aromatic rings. The Morgan fingerprint density at radius 1 is 0.530 bits per heavy atom. The highest BCUT2D eigenvalue weighted by atomic mass is 32.2. The minimum absolute atomic E-state index is 0.0648. The molecule has 0 aliphatic carbocycles. The maximum Gasteiger partial charge on any atom is 0.326 e. The molecule has 0 fully saturated rings. The third kappa shape index (κ3) is 13.6. The number of carboxylic acid groups (broad SMARTS) is 1. The average Bonchev–Trinajstić information content (AvgIpc) is 3.93. The van der Waals surface area contributed by atoms with Gasteiger partial charge < -0.3 is 68.0 Å². The molecule has 66 heavy (non-hydrogen) atoms. The number of benzene rings is 3. The average molecular weight is 930 g/mol. The second-order valence-corrected chi connectivity index (χ2v) is 16.4. The van der Waals surface area contributed by atoms with Crippen LogP contribution >= 0.6 is 11.8 Å². The molecule has 3 aromatic carbocycles. The van der Waals surface area contributed by atoms with E-state index in [1.807, 2.05) is 24.3 Å². The Morgan fingerprint density at radius 3 is 1.36 bits per heavy atom. The Bertz CT molecular complexity index is 2460. The van der Waals surface area contributed by atoms with Gasteiger partial charge in [0.1, 0.15) is 42.3 Å². The van der Waals surface area contributed by atoms with Crippen molar-refractivity contribution in [3.05, 3.63) is 108 Å². The van der Waals surface area contributed by atoms with E-state index < -0.39 is 104 Å². The van der Waals surface area contributed by atoms with E-state index in [0.29, 0.717) is 22.4 Å². The summed E-state index contributed by atoms with van der Waals surface area (Å²) < 4.78 is 0. The number of thioether (sulfide) groups is 1. The van der Waals surface area contributed by atoms with Crippen LogP contribution in [0.4, 0.5) is 0 Å². The summed E-state index contributed by atoms with van der Waals surface area (Å²) in [5.41, 5.74) is 9.10. The first kappa shape index (κ1) is 50.2. The highest BCUT2D eigenvalue weighted by Gasteiger charge is 2.34. The van der Waals surface area contributed by atoms with Crippen LogP contribution in [-0.4, -0.2) is 146 Å². The van der Waals surface area contributed by atoms with Gasteiger partial charge in [-0.3, -0.25) is 28.8 Å². The number of fused-ring (bicyclic) bond motifs is 2. The number of rotatable bonds is 25. The summed E-state index contributed by atoms with van der Waals surface area (Å²) in [6.07, 6.45) is 4.80. The summed E-state index contributed by atoms with van der Waals surface area (Å²) in [4.78, 5) is 100. The molecule has 0 aliphatic rings. The maximum atomic E-state index is 14.3. The number of nitrogens with two attached hydrogens (primary N) is 1. The zero-order valence-electron chi connectivity index (χ0n) is 36.0. The topological polar surface area (TPSA) is 330 Å². The normalized spacial score (nSPS) is 14.4. The fraction of sp³-hybridized carbons (Fsp3) is 0.356. The smallest absolute Gasteiger partial charge is 0.326 e. The first-order valence-electron chi connectivity index (χ1n) is 21.0. The summed E-state index contributed by atoms with van der Waals surface area (Å²) in [6.45, 7) is -2.60. The van der Waals surface area contributed by atoms with Crippen LogP contribution in [0.1, 0.15) is 23.1 Å². The van der Waals surface area contributed by atoms with Gasteiger partial charge >= 0.3 is 5.97 Å². The second kappa shape index (κ2) is 24.5. The van der Waals surface area contributed by atoms with Gasteiger partial charge in [0.2, 0.25) is 35.4 Å². The van der Waals surface area contributed by atoms with Crippen molar-refractivity contribution < 1.29 is 54.0 Å². The molecule has 2 aromatic heterocycles. The van der Waals surface area contributed by atoms with Crippen LogP contribution in [0.25, 0.3) is 21.8 Å².